The first-order valence-corrected chi connectivity index (χ1v) is 4.73. The number of hydrogen-bond donors (Lipinski definition) is 0. The smallest absolute Gasteiger partial charge is 0.123 e. The molecule has 0 N–H and O–H groups in total. The molecule has 1 unspecified atom stereocenters. The van der Waals surface area contributed by atoms with Gasteiger partial charge in [0.25, 0.3) is 0 Å². The summed E-state index contributed by atoms with van der Waals surface area (Å²) in [5.41, 5.74) is 0.708. The molecule has 0 fully saturated rings. The van der Waals surface area contributed by atoms with E-state index in [1.165, 1.54) is 12.1 Å². The van der Waals surface area contributed by atoms with Gasteiger partial charge in [-0.3, -0.25) is 4.21 Å². The topological polar surface area (TPSA) is 40.1 Å². The standard InChI is InChI=1S/C8H9FO2S/c9-8-3-1-2-7(6-8)4-5-12(10)11/h1-3,6H,4-5H2,(H,10,11)/p-1. The molecular weight excluding hydrogens is 179 g/mol. The minimum atomic E-state index is -2.05. The van der Waals surface area contributed by atoms with Gasteiger partial charge in [-0.1, -0.05) is 23.2 Å². The fourth-order valence-corrected chi connectivity index (χ4v) is 1.30. The molecule has 66 valence electrons. The average molecular weight is 187 g/mol. The number of rotatable bonds is 3. The van der Waals surface area contributed by atoms with E-state index in [0.29, 0.717) is 12.0 Å². The van der Waals surface area contributed by atoms with Crippen LogP contribution in [0.5, 0.6) is 0 Å². The number of benzene rings is 1. The van der Waals surface area contributed by atoms with E-state index in [1.54, 1.807) is 12.1 Å². The lowest BCUT2D eigenvalue weighted by molar-refractivity contribution is 0.536. The van der Waals surface area contributed by atoms with E-state index in [-0.39, 0.29) is 11.6 Å². The Balaban J connectivity index is 2.57. The van der Waals surface area contributed by atoms with Crippen LogP contribution in [-0.2, 0) is 17.5 Å². The first-order chi connectivity index (χ1) is 5.68. The molecule has 0 aliphatic rings. The first-order valence-electron chi connectivity index (χ1n) is 3.49. The molecule has 1 rings (SSSR count). The lowest BCUT2D eigenvalue weighted by atomic mass is 10.2. The van der Waals surface area contributed by atoms with E-state index in [1.807, 2.05) is 0 Å². The van der Waals surface area contributed by atoms with Crippen molar-refractivity contribution in [3.05, 3.63) is 35.6 Å². The second-order valence-electron chi connectivity index (χ2n) is 2.39. The van der Waals surface area contributed by atoms with Gasteiger partial charge in [-0.25, -0.2) is 4.39 Å². The van der Waals surface area contributed by atoms with E-state index >= 15 is 0 Å². The van der Waals surface area contributed by atoms with Crippen LogP contribution in [0.2, 0.25) is 0 Å². The lowest BCUT2D eigenvalue weighted by Crippen LogP contribution is -1.99. The lowest BCUT2D eigenvalue weighted by Gasteiger charge is -2.04. The van der Waals surface area contributed by atoms with Crippen molar-refractivity contribution in [3.8, 4) is 0 Å². The van der Waals surface area contributed by atoms with Crippen LogP contribution in [0.1, 0.15) is 5.56 Å². The van der Waals surface area contributed by atoms with Gasteiger partial charge in [-0.2, -0.15) is 0 Å². The Morgan fingerprint density at radius 2 is 2.25 bits per heavy atom. The Kier molecular flexibility index (Phi) is 3.37. The molecule has 0 aliphatic heterocycles. The molecule has 0 aromatic heterocycles. The maximum Gasteiger partial charge on any atom is 0.123 e. The Morgan fingerprint density at radius 1 is 1.50 bits per heavy atom. The van der Waals surface area contributed by atoms with Crippen LogP contribution >= 0.6 is 0 Å². The molecular formula is C8H8FO2S-. The third kappa shape index (κ3) is 3.11. The molecule has 12 heavy (non-hydrogen) atoms. The Bertz CT molecular complexity index is 288. The zero-order valence-electron chi connectivity index (χ0n) is 6.33. The van der Waals surface area contributed by atoms with Gasteiger partial charge in [0.05, 0.1) is 0 Å². The van der Waals surface area contributed by atoms with Gasteiger partial charge in [0.2, 0.25) is 0 Å². The number of halogens is 1. The molecule has 4 heteroatoms. The summed E-state index contributed by atoms with van der Waals surface area (Å²) in [5.74, 6) is -0.284. The van der Waals surface area contributed by atoms with Crippen LogP contribution in [-0.4, -0.2) is 14.5 Å². The average Bonchev–Trinajstić information content (AvgIpc) is 2.01. The van der Waals surface area contributed by atoms with Gasteiger partial charge >= 0.3 is 0 Å². The van der Waals surface area contributed by atoms with Crippen LogP contribution in [0.25, 0.3) is 0 Å². The van der Waals surface area contributed by atoms with Crippen molar-refractivity contribution in [2.75, 3.05) is 5.75 Å². The maximum absolute atomic E-state index is 12.5. The summed E-state index contributed by atoms with van der Waals surface area (Å²) in [4.78, 5) is 0. The molecule has 0 amide bonds. The van der Waals surface area contributed by atoms with Crippen LogP contribution in [0.15, 0.2) is 24.3 Å². The van der Waals surface area contributed by atoms with E-state index in [0.717, 1.165) is 0 Å². The van der Waals surface area contributed by atoms with Gasteiger partial charge in [0.15, 0.2) is 0 Å². The van der Waals surface area contributed by atoms with Gasteiger partial charge in [0.1, 0.15) is 5.82 Å². The van der Waals surface area contributed by atoms with Crippen LogP contribution < -0.4 is 0 Å². The van der Waals surface area contributed by atoms with Crippen LogP contribution in [0, 0.1) is 5.82 Å². The SMILES string of the molecule is O=S([O-])CCc1cccc(F)c1. The van der Waals surface area contributed by atoms with Crippen molar-refractivity contribution in [2.24, 2.45) is 0 Å². The van der Waals surface area contributed by atoms with Crippen molar-refractivity contribution in [3.63, 3.8) is 0 Å². The molecule has 0 bridgehead atoms. The molecule has 0 spiro atoms. The van der Waals surface area contributed by atoms with Crippen molar-refractivity contribution in [1.82, 2.24) is 0 Å². The van der Waals surface area contributed by atoms with Crippen molar-refractivity contribution in [2.45, 2.75) is 6.42 Å². The zero-order valence-corrected chi connectivity index (χ0v) is 7.14. The summed E-state index contributed by atoms with van der Waals surface area (Å²) in [6.07, 6.45) is 0.369. The maximum atomic E-state index is 12.5. The van der Waals surface area contributed by atoms with E-state index in [9.17, 15) is 13.2 Å². The monoisotopic (exact) mass is 187 g/mol. The predicted octanol–water partition coefficient (Wildman–Crippen LogP) is 1.25. The Labute approximate surface area is 72.7 Å². The fourth-order valence-electron chi connectivity index (χ4n) is 0.894. The highest BCUT2D eigenvalue weighted by Gasteiger charge is 1.94. The van der Waals surface area contributed by atoms with Gasteiger partial charge in [0, 0.05) is 5.75 Å². The van der Waals surface area contributed by atoms with Gasteiger partial charge < -0.3 is 4.55 Å². The highest BCUT2D eigenvalue weighted by Crippen LogP contribution is 2.04. The molecule has 0 saturated carbocycles. The van der Waals surface area contributed by atoms with Gasteiger partial charge in [-0.05, 0) is 24.1 Å². The van der Waals surface area contributed by atoms with Crippen molar-refractivity contribution < 1.29 is 13.2 Å². The molecule has 0 saturated heterocycles. The summed E-state index contributed by atoms with van der Waals surface area (Å²) in [5, 5.41) is 0. The van der Waals surface area contributed by atoms with Crippen molar-refractivity contribution >= 4 is 11.1 Å². The minimum absolute atomic E-state index is 0.0451. The molecule has 1 aromatic carbocycles. The first kappa shape index (κ1) is 9.35. The molecule has 1 aromatic rings. The third-order valence-electron chi connectivity index (χ3n) is 1.45. The number of aryl methyl sites for hydroxylation is 1. The van der Waals surface area contributed by atoms with Gasteiger partial charge in [-0.15, -0.1) is 0 Å². The van der Waals surface area contributed by atoms with Crippen LogP contribution in [0.4, 0.5) is 4.39 Å². The Hall–Kier alpha value is -0.740. The summed E-state index contributed by atoms with van der Waals surface area (Å²) < 4.78 is 32.9. The summed E-state index contributed by atoms with van der Waals surface area (Å²) >= 11 is -2.05. The van der Waals surface area contributed by atoms with E-state index in [4.69, 9.17) is 0 Å². The molecule has 2 nitrogen and oxygen atoms in total. The highest BCUT2D eigenvalue weighted by molar-refractivity contribution is 7.79. The molecule has 0 aliphatic carbocycles. The van der Waals surface area contributed by atoms with E-state index in [2.05, 4.69) is 0 Å². The number of hydrogen-bond acceptors (Lipinski definition) is 2. The Morgan fingerprint density at radius 3 is 2.83 bits per heavy atom. The predicted molar refractivity (Wildman–Crippen MR) is 43.9 cm³/mol. The third-order valence-corrected chi connectivity index (χ3v) is 1.98. The second-order valence-corrected chi connectivity index (χ2v) is 3.40. The normalized spacial score (nSPS) is 12.8. The quantitative estimate of drug-likeness (QED) is 0.668. The second kappa shape index (κ2) is 4.33. The minimum Gasteiger partial charge on any atom is -0.772 e. The molecule has 1 atom stereocenters. The van der Waals surface area contributed by atoms with Crippen molar-refractivity contribution in [1.29, 1.82) is 0 Å². The summed E-state index contributed by atoms with van der Waals surface area (Å²) in [6.45, 7) is 0. The largest absolute Gasteiger partial charge is 0.772 e. The summed E-state index contributed by atoms with van der Waals surface area (Å²) in [7, 11) is 0. The zero-order chi connectivity index (χ0) is 8.97. The van der Waals surface area contributed by atoms with Crippen LogP contribution in [0.3, 0.4) is 0 Å². The van der Waals surface area contributed by atoms with E-state index < -0.39 is 11.1 Å². The molecule has 0 heterocycles. The highest BCUT2D eigenvalue weighted by atomic mass is 32.2. The summed E-state index contributed by atoms with van der Waals surface area (Å²) in [6, 6.07) is 5.94. The molecule has 0 radical (unpaired) electrons. The fraction of sp³-hybridized carbons (Fsp3) is 0.250.